The molecule has 3 rings (SSSR count). The van der Waals surface area contributed by atoms with Gasteiger partial charge in [-0.1, -0.05) is 24.6 Å². The van der Waals surface area contributed by atoms with E-state index in [-0.39, 0.29) is 5.54 Å². The van der Waals surface area contributed by atoms with Gasteiger partial charge in [-0.3, -0.25) is 9.67 Å². The maximum Gasteiger partial charge on any atom is 0.161 e. The Bertz CT molecular complexity index is 417. The molecule has 2 heterocycles. The Morgan fingerprint density at radius 2 is 2.25 bits per heavy atom. The van der Waals surface area contributed by atoms with Gasteiger partial charge in [-0.2, -0.15) is 5.10 Å². The van der Waals surface area contributed by atoms with Crippen molar-refractivity contribution in [1.82, 2.24) is 9.78 Å². The Hall–Kier alpha value is -0.970. The van der Waals surface area contributed by atoms with Crippen LogP contribution in [0.2, 0.25) is 0 Å². The van der Waals surface area contributed by atoms with E-state index in [4.69, 9.17) is 4.99 Å². The van der Waals surface area contributed by atoms with Gasteiger partial charge in [-0.05, 0) is 12.8 Å². The number of thioether (sulfide) groups is 1. The summed E-state index contributed by atoms with van der Waals surface area (Å²) in [6.07, 6.45) is 9.01. The number of anilines is 1. The van der Waals surface area contributed by atoms with Crippen LogP contribution in [0.3, 0.4) is 0 Å². The van der Waals surface area contributed by atoms with Gasteiger partial charge in [-0.25, -0.2) is 0 Å². The van der Waals surface area contributed by atoms with E-state index in [1.165, 1.54) is 25.7 Å². The van der Waals surface area contributed by atoms with Crippen molar-refractivity contribution in [3.05, 3.63) is 12.4 Å². The number of nitrogens with zero attached hydrogens (tertiary/aromatic N) is 3. The van der Waals surface area contributed by atoms with Gasteiger partial charge in [0.1, 0.15) is 0 Å². The number of aromatic nitrogens is 2. The van der Waals surface area contributed by atoms with Crippen molar-refractivity contribution >= 4 is 22.6 Å². The predicted molar refractivity (Wildman–Crippen MR) is 67.9 cm³/mol. The van der Waals surface area contributed by atoms with Crippen molar-refractivity contribution in [3.8, 4) is 0 Å². The first-order valence-corrected chi connectivity index (χ1v) is 6.73. The molecule has 5 heteroatoms. The van der Waals surface area contributed by atoms with E-state index in [2.05, 4.69) is 10.4 Å². The predicted octanol–water partition coefficient (Wildman–Crippen LogP) is 2.25. The van der Waals surface area contributed by atoms with Gasteiger partial charge < -0.3 is 5.32 Å². The summed E-state index contributed by atoms with van der Waals surface area (Å²) >= 11 is 1.84. The van der Waals surface area contributed by atoms with E-state index >= 15 is 0 Å². The minimum absolute atomic E-state index is 0.259. The fourth-order valence-corrected chi connectivity index (χ4v) is 3.65. The molecule has 0 bridgehead atoms. The zero-order valence-corrected chi connectivity index (χ0v) is 10.3. The van der Waals surface area contributed by atoms with Gasteiger partial charge in [0, 0.05) is 19.0 Å². The molecule has 1 aliphatic heterocycles. The molecule has 1 aliphatic carbocycles. The van der Waals surface area contributed by atoms with Crippen LogP contribution in [-0.4, -0.2) is 26.2 Å². The van der Waals surface area contributed by atoms with Crippen molar-refractivity contribution < 1.29 is 0 Å². The summed E-state index contributed by atoms with van der Waals surface area (Å²) in [6, 6.07) is 0. The third-order valence-corrected chi connectivity index (χ3v) is 4.46. The van der Waals surface area contributed by atoms with Crippen molar-refractivity contribution in [2.24, 2.45) is 12.0 Å². The Morgan fingerprint density at radius 3 is 2.94 bits per heavy atom. The molecule has 1 N–H and O–H groups in total. The molecule has 0 unspecified atom stereocenters. The lowest BCUT2D eigenvalue weighted by Crippen LogP contribution is -2.21. The van der Waals surface area contributed by atoms with Gasteiger partial charge in [0.05, 0.1) is 17.4 Å². The SMILES string of the molecule is Cn1cc(NC2=NC3(CCCC3)CS2)cn1. The summed E-state index contributed by atoms with van der Waals surface area (Å²) in [5, 5.41) is 8.54. The Balaban J connectivity index is 1.72. The second-order valence-electron chi connectivity index (χ2n) is 4.66. The molecule has 1 aromatic rings. The molecular formula is C11H16N4S. The first-order chi connectivity index (χ1) is 7.76. The number of aliphatic imine (C=N–C) groups is 1. The molecule has 4 nitrogen and oxygen atoms in total. The van der Waals surface area contributed by atoms with E-state index in [0.717, 1.165) is 16.6 Å². The number of nitrogens with one attached hydrogen (secondary N) is 1. The highest BCUT2D eigenvalue weighted by molar-refractivity contribution is 8.14. The molecule has 0 amide bonds. The minimum Gasteiger partial charge on any atom is -0.332 e. The van der Waals surface area contributed by atoms with Crippen LogP contribution in [0.4, 0.5) is 5.69 Å². The van der Waals surface area contributed by atoms with Crippen LogP contribution in [-0.2, 0) is 7.05 Å². The third-order valence-electron chi connectivity index (χ3n) is 3.31. The molecule has 2 aliphatic rings. The molecule has 1 fully saturated rings. The lowest BCUT2D eigenvalue weighted by Gasteiger charge is -2.16. The first-order valence-electron chi connectivity index (χ1n) is 5.74. The fourth-order valence-electron chi connectivity index (χ4n) is 2.45. The summed E-state index contributed by atoms with van der Waals surface area (Å²) in [7, 11) is 1.92. The standard InChI is InChI=1S/C11H16N4S/c1-15-7-9(6-12-15)13-10-14-11(8-16-10)4-2-3-5-11/h6-7H,2-5,8H2,1H3,(H,13,14). The van der Waals surface area contributed by atoms with Crippen LogP contribution in [0.25, 0.3) is 0 Å². The van der Waals surface area contributed by atoms with Gasteiger partial charge in [-0.15, -0.1) is 0 Å². The van der Waals surface area contributed by atoms with Crippen LogP contribution < -0.4 is 5.32 Å². The Morgan fingerprint density at radius 1 is 1.44 bits per heavy atom. The van der Waals surface area contributed by atoms with E-state index < -0.39 is 0 Å². The molecule has 1 saturated carbocycles. The molecular weight excluding hydrogens is 220 g/mol. The smallest absolute Gasteiger partial charge is 0.161 e. The van der Waals surface area contributed by atoms with Gasteiger partial charge in [0.15, 0.2) is 5.17 Å². The van der Waals surface area contributed by atoms with Crippen LogP contribution >= 0.6 is 11.8 Å². The monoisotopic (exact) mass is 236 g/mol. The van der Waals surface area contributed by atoms with Crippen molar-refractivity contribution in [2.75, 3.05) is 11.1 Å². The summed E-state index contributed by atoms with van der Waals surface area (Å²) < 4.78 is 1.80. The summed E-state index contributed by atoms with van der Waals surface area (Å²) in [5.74, 6) is 1.15. The largest absolute Gasteiger partial charge is 0.332 e. The fraction of sp³-hybridized carbons (Fsp3) is 0.636. The topological polar surface area (TPSA) is 42.2 Å². The average Bonchev–Trinajstić information content (AvgIpc) is 2.94. The van der Waals surface area contributed by atoms with E-state index in [1.54, 1.807) is 4.68 Å². The molecule has 0 aromatic carbocycles. The quantitative estimate of drug-likeness (QED) is 0.813. The van der Waals surface area contributed by atoms with Crippen molar-refractivity contribution in [2.45, 2.75) is 31.2 Å². The number of hydrogen-bond donors (Lipinski definition) is 1. The molecule has 0 radical (unpaired) electrons. The number of hydrogen-bond acceptors (Lipinski definition) is 4. The molecule has 16 heavy (non-hydrogen) atoms. The highest BCUT2D eigenvalue weighted by Crippen LogP contribution is 2.41. The van der Waals surface area contributed by atoms with E-state index in [9.17, 15) is 0 Å². The lowest BCUT2D eigenvalue weighted by molar-refractivity contribution is 0.508. The molecule has 0 atom stereocenters. The van der Waals surface area contributed by atoms with Crippen LogP contribution in [0, 0.1) is 0 Å². The minimum atomic E-state index is 0.259. The first kappa shape index (κ1) is 10.2. The zero-order chi connectivity index (χ0) is 11.0. The molecule has 1 spiro atoms. The van der Waals surface area contributed by atoms with Crippen LogP contribution in [0.1, 0.15) is 25.7 Å². The second-order valence-corrected chi connectivity index (χ2v) is 5.63. The highest BCUT2D eigenvalue weighted by atomic mass is 32.2. The molecule has 86 valence electrons. The molecule has 0 saturated heterocycles. The number of amidine groups is 1. The average molecular weight is 236 g/mol. The van der Waals surface area contributed by atoms with Gasteiger partial charge >= 0.3 is 0 Å². The maximum absolute atomic E-state index is 4.86. The van der Waals surface area contributed by atoms with Crippen LogP contribution in [0.5, 0.6) is 0 Å². The van der Waals surface area contributed by atoms with Crippen molar-refractivity contribution in [3.63, 3.8) is 0 Å². The normalized spacial score (nSPS) is 22.7. The summed E-state index contributed by atoms with van der Waals surface area (Å²) in [4.78, 5) is 4.86. The molecule has 1 aromatic heterocycles. The third kappa shape index (κ3) is 1.84. The number of aryl methyl sites for hydroxylation is 1. The number of rotatable bonds is 1. The van der Waals surface area contributed by atoms with Crippen LogP contribution in [0.15, 0.2) is 17.4 Å². The lowest BCUT2D eigenvalue weighted by atomic mass is 10.0. The zero-order valence-electron chi connectivity index (χ0n) is 9.44. The summed E-state index contributed by atoms with van der Waals surface area (Å²) in [6.45, 7) is 0. The Kier molecular flexibility index (Phi) is 2.42. The maximum atomic E-state index is 4.86. The second kappa shape index (κ2) is 3.80. The highest BCUT2D eigenvalue weighted by Gasteiger charge is 2.38. The summed E-state index contributed by atoms with van der Waals surface area (Å²) in [5.41, 5.74) is 1.29. The van der Waals surface area contributed by atoms with E-state index in [1.807, 2.05) is 31.2 Å². The van der Waals surface area contributed by atoms with Gasteiger partial charge in [0.25, 0.3) is 0 Å². The van der Waals surface area contributed by atoms with E-state index in [0.29, 0.717) is 0 Å². The van der Waals surface area contributed by atoms with Gasteiger partial charge in [0.2, 0.25) is 0 Å². The Labute approximate surface area is 99.5 Å². The van der Waals surface area contributed by atoms with Crippen molar-refractivity contribution in [1.29, 1.82) is 0 Å².